The first-order valence-corrected chi connectivity index (χ1v) is 4.90. The van der Waals surface area contributed by atoms with E-state index in [0.717, 1.165) is 18.7 Å². The van der Waals surface area contributed by atoms with Gasteiger partial charge in [-0.05, 0) is 18.6 Å². The second-order valence-corrected chi connectivity index (χ2v) is 3.70. The lowest BCUT2D eigenvalue weighted by molar-refractivity contribution is 0.198. The summed E-state index contributed by atoms with van der Waals surface area (Å²) in [6.45, 7) is 1.50. The molecule has 1 atom stereocenters. The van der Waals surface area contributed by atoms with Crippen molar-refractivity contribution in [3.05, 3.63) is 24.0 Å². The highest BCUT2D eigenvalue weighted by Gasteiger charge is 2.20. The van der Waals surface area contributed by atoms with Crippen molar-refractivity contribution in [3.63, 3.8) is 0 Å². The fraction of sp³-hybridized carbons (Fsp3) is 0.400. The number of aliphatic hydroxyl groups excluding tert-OH is 1. The van der Waals surface area contributed by atoms with E-state index in [4.69, 9.17) is 11.1 Å². The van der Waals surface area contributed by atoms with E-state index in [1.807, 2.05) is 6.07 Å². The van der Waals surface area contributed by atoms with Crippen molar-refractivity contribution in [2.24, 2.45) is 5.73 Å². The van der Waals surface area contributed by atoms with E-state index in [2.05, 4.69) is 9.88 Å². The fourth-order valence-electron chi connectivity index (χ4n) is 1.71. The van der Waals surface area contributed by atoms with Gasteiger partial charge in [0.25, 0.3) is 0 Å². The van der Waals surface area contributed by atoms with Crippen LogP contribution in [0.4, 0.5) is 5.69 Å². The van der Waals surface area contributed by atoms with Crippen molar-refractivity contribution >= 4 is 11.5 Å². The number of nitrogen functional groups attached to an aromatic ring is 1. The first-order chi connectivity index (χ1) is 7.16. The maximum absolute atomic E-state index is 9.39. The van der Waals surface area contributed by atoms with Crippen LogP contribution in [0.2, 0.25) is 0 Å². The molecule has 5 heteroatoms. The van der Waals surface area contributed by atoms with E-state index in [0.29, 0.717) is 12.2 Å². The molecular formula is C10H14N4O. The van der Waals surface area contributed by atoms with E-state index in [-0.39, 0.29) is 11.9 Å². The number of nitrogens with one attached hydrogen (secondary N) is 1. The molecule has 2 rings (SSSR count). The number of aromatic nitrogens is 1. The number of nitrogens with two attached hydrogens (primary N) is 1. The number of amidine groups is 1. The highest BCUT2D eigenvalue weighted by molar-refractivity contribution is 5.93. The number of rotatable bonds is 2. The molecule has 0 radical (unpaired) electrons. The molecule has 0 spiro atoms. The number of anilines is 1. The number of aliphatic hydroxyl groups is 1. The van der Waals surface area contributed by atoms with Crippen molar-refractivity contribution in [1.29, 1.82) is 5.41 Å². The minimum Gasteiger partial charge on any atom is -0.391 e. The Morgan fingerprint density at radius 1 is 1.60 bits per heavy atom. The van der Waals surface area contributed by atoms with Gasteiger partial charge >= 0.3 is 0 Å². The zero-order valence-corrected chi connectivity index (χ0v) is 8.35. The van der Waals surface area contributed by atoms with Crippen LogP contribution in [0.5, 0.6) is 0 Å². The molecule has 1 aromatic heterocycles. The summed E-state index contributed by atoms with van der Waals surface area (Å²) in [5, 5.41) is 16.6. The van der Waals surface area contributed by atoms with Gasteiger partial charge in [0.15, 0.2) is 0 Å². The van der Waals surface area contributed by atoms with Crippen molar-refractivity contribution in [1.82, 2.24) is 4.98 Å². The molecule has 80 valence electrons. The van der Waals surface area contributed by atoms with Gasteiger partial charge < -0.3 is 15.7 Å². The van der Waals surface area contributed by atoms with Crippen LogP contribution in [0, 0.1) is 5.41 Å². The van der Waals surface area contributed by atoms with E-state index >= 15 is 0 Å². The molecule has 2 heterocycles. The molecule has 1 aliphatic rings. The second-order valence-electron chi connectivity index (χ2n) is 3.70. The average Bonchev–Trinajstić information content (AvgIpc) is 2.65. The SMILES string of the molecule is N=C(N)c1ccc(N2CCC(O)C2)cn1. The van der Waals surface area contributed by atoms with Crippen molar-refractivity contribution in [2.75, 3.05) is 18.0 Å². The van der Waals surface area contributed by atoms with Crippen LogP contribution in [0.1, 0.15) is 12.1 Å². The van der Waals surface area contributed by atoms with Crippen LogP contribution in [0.25, 0.3) is 0 Å². The summed E-state index contributed by atoms with van der Waals surface area (Å²) in [5.41, 5.74) is 6.76. The van der Waals surface area contributed by atoms with Crippen LogP contribution >= 0.6 is 0 Å². The van der Waals surface area contributed by atoms with Gasteiger partial charge in [0, 0.05) is 13.1 Å². The average molecular weight is 206 g/mol. The molecule has 4 N–H and O–H groups in total. The second kappa shape index (κ2) is 3.86. The molecule has 1 aromatic rings. The first-order valence-electron chi connectivity index (χ1n) is 4.90. The monoisotopic (exact) mass is 206 g/mol. The van der Waals surface area contributed by atoms with Gasteiger partial charge in [-0.15, -0.1) is 0 Å². The third-order valence-corrected chi connectivity index (χ3v) is 2.55. The number of hydrogen-bond donors (Lipinski definition) is 3. The quantitative estimate of drug-likeness (QED) is 0.467. The highest BCUT2D eigenvalue weighted by atomic mass is 16.3. The van der Waals surface area contributed by atoms with E-state index in [1.165, 1.54) is 0 Å². The van der Waals surface area contributed by atoms with Crippen LogP contribution in [0.3, 0.4) is 0 Å². The zero-order valence-electron chi connectivity index (χ0n) is 8.35. The number of β-amino-alcohol motifs (C(OH)–C–C–N with tert-alkyl or cyclic N) is 1. The van der Waals surface area contributed by atoms with Gasteiger partial charge in [-0.25, -0.2) is 0 Å². The largest absolute Gasteiger partial charge is 0.391 e. The zero-order chi connectivity index (χ0) is 10.8. The smallest absolute Gasteiger partial charge is 0.141 e. The highest BCUT2D eigenvalue weighted by Crippen LogP contribution is 2.19. The summed E-state index contributed by atoms with van der Waals surface area (Å²) < 4.78 is 0. The third-order valence-electron chi connectivity index (χ3n) is 2.55. The van der Waals surface area contributed by atoms with E-state index in [9.17, 15) is 5.11 Å². The maximum Gasteiger partial charge on any atom is 0.141 e. The number of hydrogen-bond acceptors (Lipinski definition) is 4. The summed E-state index contributed by atoms with van der Waals surface area (Å²) in [6.07, 6.45) is 2.25. The predicted octanol–water partition coefficient (Wildman–Crippen LogP) is -0.0633. The molecule has 1 saturated heterocycles. The van der Waals surface area contributed by atoms with Gasteiger partial charge in [0.1, 0.15) is 11.5 Å². The molecule has 1 fully saturated rings. The van der Waals surface area contributed by atoms with Gasteiger partial charge in [-0.3, -0.25) is 10.4 Å². The Kier molecular flexibility index (Phi) is 2.55. The molecule has 1 unspecified atom stereocenters. The Hall–Kier alpha value is -1.62. The van der Waals surface area contributed by atoms with Crippen molar-refractivity contribution in [2.45, 2.75) is 12.5 Å². The Morgan fingerprint density at radius 3 is 2.87 bits per heavy atom. The molecule has 1 aliphatic heterocycles. The third kappa shape index (κ3) is 2.07. The minimum absolute atomic E-state index is 0.0250. The maximum atomic E-state index is 9.39. The number of nitrogens with zero attached hydrogens (tertiary/aromatic N) is 2. The lowest BCUT2D eigenvalue weighted by Gasteiger charge is -2.17. The Bertz CT molecular complexity index is 362. The normalized spacial score (nSPS) is 20.6. The van der Waals surface area contributed by atoms with Crippen LogP contribution < -0.4 is 10.6 Å². The molecule has 0 amide bonds. The molecule has 5 nitrogen and oxygen atoms in total. The van der Waals surface area contributed by atoms with E-state index < -0.39 is 0 Å². The van der Waals surface area contributed by atoms with Gasteiger partial charge in [0.05, 0.1) is 18.0 Å². The van der Waals surface area contributed by atoms with Crippen molar-refractivity contribution in [3.8, 4) is 0 Å². The predicted molar refractivity (Wildman–Crippen MR) is 58.1 cm³/mol. The van der Waals surface area contributed by atoms with Crippen LogP contribution in [-0.4, -0.2) is 35.1 Å². The summed E-state index contributed by atoms with van der Waals surface area (Å²) in [7, 11) is 0. The lowest BCUT2D eigenvalue weighted by atomic mass is 10.3. The molecule has 0 saturated carbocycles. The van der Waals surface area contributed by atoms with Crippen molar-refractivity contribution < 1.29 is 5.11 Å². The van der Waals surface area contributed by atoms with Crippen LogP contribution in [0.15, 0.2) is 18.3 Å². The standard InChI is InChI=1S/C10H14N4O/c11-10(12)9-2-1-7(5-13-9)14-4-3-8(15)6-14/h1-2,5,8,15H,3-4,6H2,(H3,11,12). The minimum atomic E-state index is -0.238. The summed E-state index contributed by atoms with van der Waals surface area (Å²) in [6, 6.07) is 3.60. The summed E-state index contributed by atoms with van der Waals surface area (Å²) >= 11 is 0. The summed E-state index contributed by atoms with van der Waals surface area (Å²) in [4.78, 5) is 6.15. The number of pyridine rings is 1. The lowest BCUT2D eigenvalue weighted by Crippen LogP contribution is -2.21. The Balaban J connectivity index is 2.13. The molecular weight excluding hydrogens is 192 g/mol. The van der Waals surface area contributed by atoms with Crippen LogP contribution in [-0.2, 0) is 0 Å². The summed E-state index contributed by atoms with van der Waals surface area (Å²) in [5.74, 6) is -0.0250. The van der Waals surface area contributed by atoms with Gasteiger partial charge in [0.2, 0.25) is 0 Å². The Morgan fingerprint density at radius 2 is 2.40 bits per heavy atom. The van der Waals surface area contributed by atoms with Gasteiger partial charge in [-0.1, -0.05) is 0 Å². The topological polar surface area (TPSA) is 86.2 Å². The van der Waals surface area contributed by atoms with Gasteiger partial charge in [-0.2, -0.15) is 0 Å². The Labute approximate surface area is 88.0 Å². The fourth-order valence-corrected chi connectivity index (χ4v) is 1.71. The molecule has 0 aliphatic carbocycles. The molecule has 15 heavy (non-hydrogen) atoms. The molecule has 0 bridgehead atoms. The molecule has 0 aromatic carbocycles. The first kappa shape index (κ1) is 9.92. The van der Waals surface area contributed by atoms with E-state index in [1.54, 1.807) is 12.3 Å².